The lowest BCUT2D eigenvalue weighted by molar-refractivity contribution is 0.477. The van der Waals surface area contributed by atoms with Crippen molar-refractivity contribution in [3.63, 3.8) is 0 Å². The van der Waals surface area contributed by atoms with Gasteiger partial charge in [0.25, 0.3) is 0 Å². The zero-order chi connectivity index (χ0) is 11.8. The SMILES string of the molecule is CNC1CCc2[nH]nc(-c3ccccc3O)c21. The Kier molecular flexibility index (Phi) is 2.37. The Hall–Kier alpha value is -1.81. The first kappa shape index (κ1) is 10.4. The van der Waals surface area contributed by atoms with E-state index in [9.17, 15) is 5.11 Å². The van der Waals surface area contributed by atoms with Crippen LogP contribution in [-0.2, 0) is 6.42 Å². The van der Waals surface area contributed by atoms with Crippen LogP contribution in [0.4, 0.5) is 0 Å². The molecule has 17 heavy (non-hydrogen) atoms. The van der Waals surface area contributed by atoms with Crippen molar-refractivity contribution in [1.29, 1.82) is 0 Å². The molecule has 4 nitrogen and oxygen atoms in total. The van der Waals surface area contributed by atoms with Crippen LogP contribution in [0.25, 0.3) is 11.3 Å². The molecular weight excluding hydrogens is 214 g/mol. The van der Waals surface area contributed by atoms with Crippen molar-refractivity contribution in [3.05, 3.63) is 35.5 Å². The largest absolute Gasteiger partial charge is 0.507 e. The lowest BCUT2D eigenvalue weighted by Gasteiger charge is -2.10. The van der Waals surface area contributed by atoms with Gasteiger partial charge in [-0.1, -0.05) is 12.1 Å². The number of nitrogens with one attached hydrogen (secondary N) is 2. The molecule has 3 rings (SSSR count). The van der Waals surface area contributed by atoms with Crippen molar-refractivity contribution in [2.75, 3.05) is 7.05 Å². The monoisotopic (exact) mass is 229 g/mol. The van der Waals surface area contributed by atoms with E-state index in [0.717, 1.165) is 24.1 Å². The Balaban J connectivity index is 2.15. The van der Waals surface area contributed by atoms with Crippen LogP contribution in [0.3, 0.4) is 0 Å². The van der Waals surface area contributed by atoms with Crippen LogP contribution in [-0.4, -0.2) is 22.4 Å². The van der Waals surface area contributed by atoms with E-state index in [1.807, 2.05) is 25.2 Å². The summed E-state index contributed by atoms with van der Waals surface area (Å²) in [4.78, 5) is 0. The molecule has 0 fully saturated rings. The lowest BCUT2D eigenvalue weighted by Crippen LogP contribution is -2.13. The molecule has 1 heterocycles. The van der Waals surface area contributed by atoms with Gasteiger partial charge in [-0.15, -0.1) is 0 Å². The molecule has 0 saturated heterocycles. The summed E-state index contributed by atoms with van der Waals surface area (Å²) in [5.41, 5.74) is 4.05. The third-order valence-electron chi connectivity index (χ3n) is 3.42. The molecule has 1 unspecified atom stereocenters. The van der Waals surface area contributed by atoms with Gasteiger partial charge in [-0.3, -0.25) is 5.10 Å². The van der Waals surface area contributed by atoms with Crippen molar-refractivity contribution in [1.82, 2.24) is 15.5 Å². The second-order valence-electron chi connectivity index (χ2n) is 4.36. The molecule has 4 heteroatoms. The molecule has 1 aliphatic carbocycles. The molecule has 0 saturated carbocycles. The van der Waals surface area contributed by atoms with Gasteiger partial charge in [-0.25, -0.2) is 0 Å². The van der Waals surface area contributed by atoms with E-state index in [4.69, 9.17) is 0 Å². The average Bonchev–Trinajstić information content (AvgIpc) is 2.91. The minimum atomic E-state index is 0.281. The Morgan fingerprint density at radius 1 is 1.41 bits per heavy atom. The number of aromatic hydroxyl groups is 1. The molecule has 1 atom stereocenters. The Bertz CT molecular complexity index is 547. The van der Waals surface area contributed by atoms with E-state index < -0.39 is 0 Å². The summed E-state index contributed by atoms with van der Waals surface area (Å²) < 4.78 is 0. The fourth-order valence-corrected chi connectivity index (χ4v) is 2.55. The summed E-state index contributed by atoms with van der Waals surface area (Å²) in [6.45, 7) is 0. The number of aromatic amines is 1. The van der Waals surface area contributed by atoms with Crippen molar-refractivity contribution in [3.8, 4) is 17.0 Å². The van der Waals surface area contributed by atoms with Gasteiger partial charge in [0, 0.05) is 22.9 Å². The average molecular weight is 229 g/mol. The molecule has 1 aromatic carbocycles. The maximum atomic E-state index is 9.90. The van der Waals surface area contributed by atoms with Crippen LogP contribution < -0.4 is 5.32 Å². The standard InChI is InChI=1S/C13H15N3O/c1-14-9-6-7-10-12(9)13(16-15-10)8-4-2-3-5-11(8)17/h2-5,9,14,17H,6-7H2,1H3,(H,15,16). The van der Waals surface area contributed by atoms with Crippen molar-refractivity contribution >= 4 is 0 Å². The number of aromatic nitrogens is 2. The molecule has 3 N–H and O–H groups in total. The Morgan fingerprint density at radius 3 is 3.00 bits per heavy atom. The second-order valence-corrected chi connectivity index (χ2v) is 4.36. The summed E-state index contributed by atoms with van der Waals surface area (Å²) in [6, 6.07) is 7.66. The summed E-state index contributed by atoms with van der Waals surface area (Å²) in [7, 11) is 1.96. The smallest absolute Gasteiger partial charge is 0.125 e. The molecule has 2 aromatic rings. The first-order valence-corrected chi connectivity index (χ1v) is 5.84. The normalized spacial score (nSPS) is 18.3. The van der Waals surface area contributed by atoms with Crippen LogP contribution in [0.5, 0.6) is 5.75 Å². The number of phenols is 1. The molecule has 88 valence electrons. The van der Waals surface area contributed by atoms with Crippen molar-refractivity contribution in [2.45, 2.75) is 18.9 Å². The van der Waals surface area contributed by atoms with E-state index in [2.05, 4.69) is 15.5 Å². The number of fused-ring (bicyclic) bond motifs is 1. The van der Waals surface area contributed by atoms with Gasteiger partial charge in [0.2, 0.25) is 0 Å². The van der Waals surface area contributed by atoms with Gasteiger partial charge in [-0.05, 0) is 32.0 Å². The molecular formula is C13H15N3O. The first-order valence-electron chi connectivity index (χ1n) is 5.84. The highest BCUT2D eigenvalue weighted by molar-refractivity contribution is 5.71. The summed E-state index contributed by atoms with van der Waals surface area (Å²) >= 11 is 0. The third kappa shape index (κ3) is 1.52. The maximum absolute atomic E-state index is 9.90. The van der Waals surface area contributed by atoms with E-state index in [-0.39, 0.29) is 5.75 Å². The minimum absolute atomic E-state index is 0.281. The van der Waals surface area contributed by atoms with E-state index in [0.29, 0.717) is 6.04 Å². The van der Waals surface area contributed by atoms with Gasteiger partial charge in [0.05, 0.1) is 0 Å². The fraction of sp³-hybridized carbons (Fsp3) is 0.308. The lowest BCUT2D eigenvalue weighted by atomic mass is 10.0. The van der Waals surface area contributed by atoms with Gasteiger partial charge in [-0.2, -0.15) is 5.10 Å². The Labute approximate surface area is 99.7 Å². The number of nitrogens with zero attached hydrogens (tertiary/aromatic N) is 1. The number of para-hydroxylation sites is 1. The number of aryl methyl sites for hydroxylation is 1. The summed E-state index contributed by atoms with van der Waals surface area (Å²) in [5.74, 6) is 0.281. The molecule has 0 spiro atoms. The number of rotatable bonds is 2. The number of H-pyrrole nitrogens is 1. The molecule has 0 amide bonds. The second kappa shape index (κ2) is 3.89. The number of phenolic OH excluding ortho intramolecular Hbond substituents is 1. The zero-order valence-corrected chi connectivity index (χ0v) is 9.70. The van der Waals surface area contributed by atoms with Crippen LogP contribution in [0.2, 0.25) is 0 Å². The zero-order valence-electron chi connectivity index (χ0n) is 9.70. The summed E-state index contributed by atoms with van der Waals surface area (Å²) in [6.07, 6.45) is 2.10. The van der Waals surface area contributed by atoms with Crippen LogP contribution in [0.1, 0.15) is 23.7 Å². The van der Waals surface area contributed by atoms with Gasteiger partial charge < -0.3 is 10.4 Å². The number of hydrogen-bond donors (Lipinski definition) is 3. The molecule has 1 aliphatic rings. The number of hydrogen-bond acceptors (Lipinski definition) is 3. The molecule has 0 aliphatic heterocycles. The van der Waals surface area contributed by atoms with Crippen LogP contribution >= 0.6 is 0 Å². The molecule has 0 bridgehead atoms. The third-order valence-corrected chi connectivity index (χ3v) is 3.42. The van der Waals surface area contributed by atoms with Crippen LogP contribution in [0, 0.1) is 0 Å². The summed E-state index contributed by atoms with van der Waals surface area (Å²) in [5, 5.41) is 20.6. The topological polar surface area (TPSA) is 60.9 Å². The first-order chi connectivity index (χ1) is 8.31. The maximum Gasteiger partial charge on any atom is 0.125 e. The van der Waals surface area contributed by atoms with Gasteiger partial charge in [0.15, 0.2) is 0 Å². The Morgan fingerprint density at radius 2 is 2.24 bits per heavy atom. The van der Waals surface area contributed by atoms with E-state index >= 15 is 0 Å². The highest BCUT2D eigenvalue weighted by Gasteiger charge is 2.28. The molecule has 0 radical (unpaired) electrons. The molecule has 1 aromatic heterocycles. The number of benzene rings is 1. The van der Waals surface area contributed by atoms with Gasteiger partial charge in [0.1, 0.15) is 11.4 Å². The fourth-order valence-electron chi connectivity index (χ4n) is 2.55. The van der Waals surface area contributed by atoms with Crippen molar-refractivity contribution in [2.24, 2.45) is 0 Å². The van der Waals surface area contributed by atoms with E-state index in [1.165, 1.54) is 11.3 Å². The van der Waals surface area contributed by atoms with Gasteiger partial charge >= 0.3 is 0 Å². The highest BCUT2D eigenvalue weighted by atomic mass is 16.3. The predicted molar refractivity (Wildman–Crippen MR) is 65.8 cm³/mol. The van der Waals surface area contributed by atoms with Crippen LogP contribution in [0.15, 0.2) is 24.3 Å². The quantitative estimate of drug-likeness (QED) is 0.738. The highest BCUT2D eigenvalue weighted by Crippen LogP contribution is 2.39. The van der Waals surface area contributed by atoms with E-state index in [1.54, 1.807) is 6.07 Å². The minimum Gasteiger partial charge on any atom is -0.507 e. The van der Waals surface area contributed by atoms with Crippen molar-refractivity contribution < 1.29 is 5.11 Å². The predicted octanol–water partition coefficient (Wildman–Crippen LogP) is 1.99.